The maximum absolute atomic E-state index is 13.6. The molecular formula is C11H13FN4S. The van der Waals surface area contributed by atoms with Gasteiger partial charge in [-0.2, -0.15) is 4.98 Å². The van der Waals surface area contributed by atoms with E-state index in [0.717, 1.165) is 4.88 Å². The Morgan fingerprint density at radius 1 is 1.53 bits per heavy atom. The van der Waals surface area contributed by atoms with Crippen molar-refractivity contribution in [1.82, 2.24) is 9.97 Å². The second-order valence-electron chi connectivity index (χ2n) is 3.55. The van der Waals surface area contributed by atoms with Crippen LogP contribution in [0, 0.1) is 5.82 Å². The highest BCUT2D eigenvalue weighted by Gasteiger charge is 2.11. The third-order valence-electron chi connectivity index (χ3n) is 2.28. The highest BCUT2D eigenvalue weighted by atomic mass is 32.1. The number of aromatic nitrogens is 2. The lowest BCUT2D eigenvalue weighted by molar-refractivity contribution is 0.608. The summed E-state index contributed by atoms with van der Waals surface area (Å²) in [7, 11) is 3.51. The van der Waals surface area contributed by atoms with E-state index in [4.69, 9.17) is 0 Å². The van der Waals surface area contributed by atoms with Crippen LogP contribution in [0.1, 0.15) is 4.88 Å². The Morgan fingerprint density at radius 2 is 2.35 bits per heavy atom. The van der Waals surface area contributed by atoms with Gasteiger partial charge in [0.2, 0.25) is 5.95 Å². The Bertz CT molecular complexity index is 486. The van der Waals surface area contributed by atoms with E-state index >= 15 is 0 Å². The SMILES string of the molecule is CNc1ncc(F)c(N(C)Cc2cccs2)n1. The molecule has 0 unspecified atom stereocenters. The van der Waals surface area contributed by atoms with Crippen LogP contribution in [0.2, 0.25) is 0 Å². The zero-order chi connectivity index (χ0) is 12.3. The molecule has 17 heavy (non-hydrogen) atoms. The van der Waals surface area contributed by atoms with Crippen molar-refractivity contribution >= 4 is 23.1 Å². The van der Waals surface area contributed by atoms with E-state index in [1.165, 1.54) is 6.20 Å². The number of nitrogens with one attached hydrogen (secondary N) is 1. The van der Waals surface area contributed by atoms with Gasteiger partial charge in [-0.05, 0) is 11.4 Å². The molecule has 0 aliphatic carbocycles. The second-order valence-corrected chi connectivity index (χ2v) is 4.58. The molecule has 2 aromatic heterocycles. The van der Waals surface area contributed by atoms with Crippen molar-refractivity contribution in [2.45, 2.75) is 6.54 Å². The normalized spacial score (nSPS) is 10.3. The van der Waals surface area contributed by atoms with Gasteiger partial charge >= 0.3 is 0 Å². The molecule has 0 radical (unpaired) electrons. The monoisotopic (exact) mass is 252 g/mol. The molecule has 0 aliphatic rings. The maximum Gasteiger partial charge on any atom is 0.224 e. The number of hydrogen-bond acceptors (Lipinski definition) is 5. The summed E-state index contributed by atoms with van der Waals surface area (Å²) in [6.45, 7) is 0.634. The fraction of sp³-hybridized carbons (Fsp3) is 0.273. The minimum Gasteiger partial charge on any atom is -0.357 e. The van der Waals surface area contributed by atoms with Gasteiger partial charge in [-0.15, -0.1) is 11.3 Å². The van der Waals surface area contributed by atoms with E-state index < -0.39 is 5.82 Å². The molecule has 2 heterocycles. The lowest BCUT2D eigenvalue weighted by Gasteiger charge is -2.18. The second kappa shape index (κ2) is 5.09. The molecule has 2 rings (SSSR count). The molecule has 2 aromatic rings. The Hall–Kier alpha value is -1.69. The largest absolute Gasteiger partial charge is 0.357 e. The van der Waals surface area contributed by atoms with Crippen molar-refractivity contribution in [3.8, 4) is 0 Å². The van der Waals surface area contributed by atoms with Crippen molar-refractivity contribution in [3.63, 3.8) is 0 Å². The first kappa shape index (κ1) is 11.8. The minimum atomic E-state index is -0.414. The Kier molecular flexibility index (Phi) is 3.53. The maximum atomic E-state index is 13.6. The van der Waals surface area contributed by atoms with E-state index in [2.05, 4.69) is 15.3 Å². The predicted molar refractivity (Wildman–Crippen MR) is 68.0 cm³/mol. The standard InChI is InChI=1S/C11H13FN4S/c1-13-11-14-6-9(12)10(15-11)16(2)7-8-4-3-5-17-8/h3-6H,7H2,1-2H3,(H,13,14,15). The zero-order valence-corrected chi connectivity index (χ0v) is 10.5. The van der Waals surface area contributed by atoms with Crippen molar-refractivity contribution in [3.05, 3.63) is 34.4 Å². The summed E-state index contributed by atoms with van der Waals surface area (Å²) < 4.78 is 13.6. The van der Waals surface area contributed by atoms with E-state index in [9.17, 15) is 4.39 Å². The molecule has 0 bridgehead atoms. The summed E-state index contributed by atoms with van der Waals surface area (Å²) >= 11 is 1.64. The molecule has 1 N–H and O–H groups in total. The molecule has 0 amide bonds. The van der Waals surface area contributed by atoms with Crippen LogP contribution >= 0.6 is 11.3 Å². The van der Waals surface area contributed by atoms with Gasteiger partial charge in [0.05, 0.1) is 12.7 Å². The van der Waals surface area contributed by atoms with Crippen LogP contribution in [0.3, 0.4) is 0 Å². The van der Waals surface area contributed by atoms with Crippen LogP contribution in [0.25, 0.3) is 0 Å². The highest BCUT2D eigenvalue weighted by Crippen LogP contribution is 2.19. The summed E-state index contributed by atoms with van der Waals surface area (Å²) in [6, 6.07) is 3.99. The summed E-state index contributed by atoms with van der Waals surface area (Å²) in [4.78, 5) is 10.9. The average Bonchev–Trinajstić information content (AvgIpc) is 2.82. The quantitative estimate of drug-likeness (QED) is 0.907. The number of anilines is 2. The summed E-state index contributed by atoms with van der Waals surface area (Å²) in [5.74, 6) is 0.306. The van der Waals surface area contributed by atoms with Gasteiger partial charge in [-0.25, -0.2) is 9.37 Å². The first-order chi connectivity index (χ1) is 8.20. The number of hydrogen-bond donors (Lipinski definition) is 1. The molecule has 0 aromatic carbocycles. The third kappa shape index (κ3) is 2.71. The lowest BCUT2D eigenvalue weighted by Crippen LogP contribution is -2.19. The smallest absolute Gasteiger partial charge is 0.224 e. The predicted octanol–water partition coefficient (Wildman–Crippen LogP) is 2.36. The fourth-order valence-corrected chi connectivity index (χ4v) is 2.21. The molecule has 0 spiro atoms. The van der Waals surface area contributed by atoms with Crippen molar-refractivity contribution < 1.29 is 4.39 Å². The minimum absolute atomic E-state index is 0.303. The van der Waals surface area contributed by atoms with E-state index in [0.29, 0.717) is 18.3 Å². The molecule has 0 fully saturated rings. The van der Waals surface area contributed by atoms with Crippen molar-refractivity contribution in [1.29, 1.82) is 0 Å². The zero-order valence-electron chi connectivity index (χ0n) is 9.64. The summed E-state index contributed by atoms with van der Waals surface area (Å²) in [5.41, 5.74) is 0. The Balaban J connectivity index is 2.20. The van der Waals surface area contributed by atoms with E-state index in [1.807, 2.05) is 24.6 Å². The fourth-order valence-electron chi connectivity index (χ4n) is 1.46. The number of thiophene rings is 1. The number of rotatable bonds is 4. The molecule has 4 nitrogen and oxygen atoms in total. The van der Waals surface area contributed by atoms with Crippen LogP contribution < -0.4 is 10.2 Å². The topological polar surface area (TPSA) is 41.1 Å². The Morgan fingerprint density at radius 3 is 3.00 bits per heavy atom. The van der Waals surface area contributed by atoms with Crippen LogP contribution in [0.15, 0.2) is 23.7 Å². The molecule has 6 heteroatoms. The van der Waals surface area contributed by atoms with Gasteiger partial charge in [0.1, 0.15) is 0 Å². The molecule has 0 saturated heterocycles. The Labute approximate surface area is 103 Å². The lowest BCUT2D eigenvalue weighted by atomic mass is 10.4. The number of halogens is 1. The molecule has 0 saturated carbocycles. The van der Waals surface area contributed by atoms with Crippen LogP contribution in [0.5, 0.6) is 0 Å². The summed E-state index contributed by atoms with van der Waals surface area (Å²) in [6.07, 6.45) is 1.18. The van der Waals surface area contributed by atoms with Crippen LogP contribution in [-0.4, -0.2) is 24.1 Å². The first-order valence-electron chi connectivity index (χ1n) is 5.14. The molecule has 0 aliphatic heterocycles. The summed E-state index contributed by atoms with van der Waals surface area (Å²) in [5, 5.41) is 4.79. The highest BCUT2D eigenvalue weighted by molar-refractivity contribution is 7.09. The van der Waals surface area contributed by atoms with E-state index in [-0.39, 0.29) is 0 Å². The number of nitrogens with zero attached hydrogens (tertiary/aromatic N) is 3. The first-order valence-corrected chi connectivity index (χ1v) is 6.02. The van der Waals surface area contributed by atoms with Crippen molar-refractivity contribution in [2.75, 3.05) is 24.3 Å². The van der Waals surface area contributed by atoms with Gasteiger partial charge in [0, 0.05) is 19.0 Å². The van der Waals surface area contributed by atoms with Gasteiger partial charge in [-0.3, -0.25) is 0 Å². The van der Waals surface area contributed by atoms with Crippen molar-refractivity contribution in [2.24, 2.45) is 0 Å². The van der Waals surface area contributed by atoms with E-state index in [1.54, 1.807) is 23.3 Å². The van der Waals surface area contributed by atoms with Gasteiger partial charge in [0.25, 0.3) is 0 Å². The average molecular weight is 252 g/mol. The van der Waals surface area contributed by atoms with Crippen LogP contribution in [-0.2, 0) is 6.54 Å². The molecule has 0 atom stereocenters. The molecule has 90 valence electrons. The van der Waals surface area contributed by atoms with Gasteiger partial charge in [0.15, 0.2) is 11.6 Å². The third-order valence-corrected chi connectivity index (χ3v) is 3.15. The van der Waals surface area contributed by atoms with Crippen LogP contribution in [0.4, 0.5) is 16.2 Å². The molecular weight excluding hydrogens is 239 g/mol. The van der Waals surface area contributed by atoms with Gasteiger partial charge in [-0.1, -0.05) is 6.07 Å². The van der Waals surface area contributed by atoms with Gasteiger partial charge < -0.3 is 10.2 Å².